The molecule has 0 aromatic carbocycles. The van der Waals surface area contributed by atoms with E-state index in [1.54, 1.807) is 4.68 Å². The molecule has 1 aliphatic rings. The highest BCUT2D eigenvalue weighted by Gasteiger charge is 2.38. The lowest BCUT2D eigenvalue weighted by Gasteiger charge is -2.41. The van der Waals surface area contributed by atoms with Crippen LogP contribution in [0.1, 0.15) is 40.4 Å². The zero-order valence-electron chi connectivity index (χ0n) is 12.8. The lowest BCUT2D eigenvalue weighted by atomic mass is 10.1. The maximum Gasteiger partial charge on any atom is 0.165 e. The Morgan fingerprint density at radius 2 is 1.95 bits per heavy atom. The first-order valence-electron chi connectivity index (χ1n) is 6.74. The molecule has 0 radical (unpaired) electrons. The summed E-state index contributed by atoms with van der Waals surface area (Å²) in [5, 5.41) is 11.9. The molecule has 1 aromatic heterocycles. The minimum absolute atomic E-state index is 0.178. The summed E-state index contributed by atoms with van der Waals surface area (Å²) in [6, 6.07) is 0. The van der Waals surface area contributed by atoms with Gasteiger partial charge >= 0.3 is 0 Å². The average molecular weight is 301 g/mol. The van der Waals surface area contributed by atoms with Crippen LogP contribution in [0.2, 0.25) is 0 Å². The summed E-state index contributed by atoms with van der Waals surface area (Å²) in [5.41, 5.74) is -0.587. The first-order chi connectivity index (χ1) is 9.01. The Bertz CT molecular complexity index is 585. The molecular formula is C12H23N5O2S. The van der Waals surface area contributed by atoms with E-state index in [1.807, 2.05) is 34.6 Å². The van der Waals surface area contributed by atoms with E-state index in [1.165, 1.54) is 0 Å². The van der Waals surface area contributed by atoms with E-state index in [9.17, 15) is 8.42 Å². The third-order valence-electron chi connectivity index (χ3n) is 3.60. The second kappa shape index (κ2) is 4.77. The van der Waals surface area contributed by atoms with Gasteiger partial charge in [0.05, 0.1) is 23.6 Å². The summed E-state index contributed by atoms with van der Waals surface area (Å²) in [6.45, 7) is 11.1. The zero-order chi connectivity index (χ0) is 15.2. The van der Waals surface area contributed by atoms with Gasteiger partial charge in [0.25, 0.3) is 0 Å². The molecule has 0 spiro atoms. The van der Waals surface area contributed by atoms with Crippen molar-refractivity contribution in [3.63, 3.8) is 0 Å². The van der Waals surface area contributed by atoms with Gasteiger partial charge in [-0.05, 0) is 45.0 Å². The van der Waals surface area contributed by atoms with Crippen molar-refractivity contribution in [2.45, 2.75) is 52.2 Å². The minimum Gasteiger partial charge on any atom is -0.289 e. The van der Waals surface area contributed by atoms with Crippen LogP contribution in [0.4, 0.5) is 0 Å². The molecule has 2 heterocycles. The monoisotopic (exact) mass is 301 g/mol. The number of nitrogens with zero attached hydrogens (tertiary/aromatic N) is 5. The molecule has 2 rings (SSSR count). The van der Waals surface area contributed by atoms with E-state index in [2.05, 4.69) is 20.4 Å². The highest BCUT2D eigenvalue weighted by Crippen LogP contribution is 2.25. The maximum absolute atomic E-state index is 11.8. The van der Waals surface area contributed by atoms with Gasteiger partial charge < -0.3 is 0 Å². The van der Waals surface area contributed by atoms with Gasteiger partial charge in [0.2, 0.25) is 0 Å². The molecule has 1 aromatic rings. The van der Waals surface area contributed by atoms with Crippen molar-refractivity contribution in [1.82, 2.24) is 25.1 Å². The number of hydrogen-bond acceptors (Lipinski definition) is 6. The van der Waals surface area contributed by atoms with Gasteiger partial charge in [-0.25, -0.2) is 13.1 Å². The molecule has 1 fully saturated rings. The quantitative estimate of drug-likeness (QED) is 0.788. The third-order valence-corrected chi connectivity index (χ3v) is 5.55. The van der Waals surface area contributed by atoms with Crippen LogP contribution < -0.4 is 0 Å². The number of tetrazole rings is 1. The van der Waals surface area contributed by atoms with Crippen LogP contribution in [0.3, 0.4) is 0 Å². The molecule has 114 valence electrons. The molecule has 7 nitrogen and oxygen atoms in total. The lowest BCUT2D eigenvalue weighted by Crippen LogP contribution is -2.55. The van der Waals surface area contributed by atoms with Gasteiger partial charge in [-0.1, -0.05) is 0 Å². The van der Waals surface area contributed by atoms with Crippen molar-refractivity contribution in [1.29, 1.82) is 0 Å². The minimum atomic E-state index is -2.94. The first-order valence-corrected chi connectivity index (χ1v) is 8.57. The van der Waals surface area contributed by atoms with Crippen LogP contribution in [0.5, 0.6) is 0 Å². The normalized spacial score (nSPS) is 22.9. The molecule has 1 saturated heterocycles. The van der Waals surface area contributed by atoms with E-state index in [-0.39, 0.29) is 17.0 Å². The van der Waals surface area contributed by atoms with Crippen LogP contribution in [-0.2, 0) is 21.9 Å². The Hall–Kier alpha value is -1.02. The largest absolute Gasteiger partial charge is 0.289 e. The van der Waals surface area contributed by atoms with Gasteiger partial charge in [-0.2, -0.15) is 0 Å². The van der Waals surface area contributed by atoms with Crippen LogP contribution in [0.15, 0.2) is 0 Å². The van der Waals surface area contributed by atoms with Crippen LogP contribution in [0, 0.1) is 0 Å². The predicted molar refractivity (Wildman–Crippen MR) is 76.0 cm³/mol. The summed E-state index contributed by atoms with van der Waals surface area (Å²) in [6.07, 6.45) is 0. The molecule has 1 aliphatic heterocycles. The molecule has 0 N–H and O–H groups in total. The molecule has 0 saturated carbocycles. The number of sulfone groups is 1. The fourth-order valence-corrected chi connectivity index (χ4v) is 4.44. The molecule has 0 bridgehead atoms. The summed E-state index contributed by atoms with van der Waals surface area (Å²) in [5.74, 6) is 1.15. The topological polar surface area (TPSA) is 81.0 Å². The van der Waals surface area contributed by atoms with E-state index in [4.69, 9.17) is 0 Å². The summed E-state index contributed by atoms with van der Waals surface area (Å²) in [4.78, 5) is 2.14. The van der Waals surface area contributed by atoms with Gasteiger partial charge in [-0.15, -0.1) is 5.10 Å². The molecule has 0 amide bonds. The lowest BCUT2D eigenvalue weighted by molar-refractivity contribution is 0.122. The smallest absolute Gasteiger partial charge is 0.165 e. The number of hydrogen-bond donors (Lipinski definition) is 0. The van der Waals surface area contributed by atoms with Gasteiger partial charge in [-0.3, -0.25) is 4.90 Å². The molecule has 0 atom stereocenters. The van der Waals surface area contributed by atoms with Crippen molar-refractivity contribution in [2.75, 3.05) is 18.1 Å². The van der Waals surface area contributed by atoms with Crippen LogP contribution in [-0.4, -0.2) is 57.1 Å². The van der Waals surface area contributed by atoms with E-state index in [0.717, 1.165) is 5.82 Å². The average Bonchev–Trinajstić information content (AvgIpc) is 2.68. The van der Waals surface area contributed by atoms with Crippen LogP contribution in [0.25, 0.3) is 0 Å². The Labute approximate surface area is 120 Å². The van der Waals surface area contributed by atoms with Crippen molar-refractivity contribution >= 4 is 9.84 Å². The van der Waals surface area contributed by atoms with Crippen molar-refractivity contribution in [2.24, 2.45) is 0 Å². The van der Waals surface area contributed by atoms with E-state index < -0.39 is 15.4 Å². The summed E-state index contributed by atoms with van der Waals surface area (Å²) < 4.78 is 25.3. The summed E-state index contributed by atoms with van der Waals surface area (Å²) in [7, 11) is -2.94. The van der Waals surface area contributed by atoms with E-state index >= 15 is 0 Å². The maximum atomic E-state index is 11.8. The second-order valence-electron chi connectivity index (χ2n) is 7.00. The number of rotatable bonds is 2. The third kappa shape index (κ3) is 3.17. The standard InChI is InChI=1S/C12H23N5O2S/c1-11(2,3)17-10(13-14-15-17)8-16-6-7-20(18,19)9-12(16,4)5/h6-9H2,1-5H3. The van der Waals surface area contributed by atoms with Crippen LogP contribution >= 0.6 is 0 Å². The van der Waals surface area contributed by atoms with E-state index in [0.29, 0.717) is 13.1 Å². The first kappa shape index (κ1) is 15.4. The predicted octanol–water partition coefficient (Wildman–Crippen LogP) is 0.437. The molecular weight excluding hydrogens is 278 g/mol. The van der Waals surface area contributed by atoms with Gasteiger partial charge in [0, 0.05) is 12.1 Å². The highest BCUT2D eigenvalue weighted by atomic mass is 32.2. The Morgan fingerprint density at radius 1 is 1.30 bits per heavy atom. The second-order valence-corrected chi connectivity index (χ2v) is 9.19. The molecule has 20 heavy (non-hydrogen) atoms. The van der Waals surface area contributed by atoms with Gasteiger partial charge in [0.15, 0.2) is 15.7 Å². The van der Waals surface area contributed by atoms with Crippen molar-refractivity contribution < 1.29 is 8.42 Å². The molecule has 8 heteroatoms. The van der Waals surface area contributed by atoms with Crippen molar-refractivity contribution in [3.8, 4) is 0 Å². The SMILES string of the molecule is CC1(C)CS(=O)(=O)CCN1Cc1nnnn1C(C)(C)C. The molecule has 0 unspecified atom stereocenters. The number of aromatic nitrogens is 4. The van der Waals surface area contributed by atoms with Gasteiger partial charge in [0.1, 0.15) is 0 Å². The fourth-order valence-electron chi connectivity index (χ4n) is 2.54. The molecule has 0 aliphatic carbocycles. The summed E-state index contributed by atoms with van der Waals surface area (Å²) >= 11 is 0. The Balaban J connectivity index is 2.21. The fraction of sp³-hybridized carbons (Fsp3) is 0.917. The zero-order valence-corrected chi connectivity index (χ0v) is 13.6. The highest BCUT2D eigenvalue weighted by molar-refractivity contribution is 7.91. The Morgan fingerprint density at radius 3 is 2.50 bits per heavy atom. The Kier molecular flexibility index (Phi) is 3.66. The van der Waals surface area contributed by atoms with Crippen molar-refractivity contribution in [3.05, 3.63) is 5.82 Å².